The first-order chi connectivity index (χ1) is 49.7. The minimum absolute atomic E-state index is 0.0229. The van der Waals surface area contributed by atoms with Crippen molar-refractivity contribution in [3.8, 4) is 0 Å². The van der Waals surface area contributed by atoms with E-state index in [2.05, 4.69) is 31.3 Å². The zero-order valence-corrected chi connectivity index (χ0v) is 67.2. The second kappa shape index (κ2) is 79.2. The molecular weight excluding hydrogens is 1250 g/mol. The van der Waals surface area contributed by atoms with Gasteiger partial charge in [0.25, 0.3) is 0 Å². The molecule has 6 N–H and O–H groups in total. The van der Waals surface area contributed by atoms with Gasteiger partial charge < -0.3 is 45.1 Å². The largest absolute Gasteiger partial charge is 0.466 e. The van der Waals surface area contributed by atoms with E-state index >= 15 is 0 Å². The molecule has 7 atom stereocenters. The number of hydrogen-bond donors (Lipinski definition) is 6. The molecule has 7 unspecified atom stereocenters. The van der Waals surface area contributed by atoms with Crippen molar-refractivity contribution in [2.24, 2.45) is 0 Å². The first kappa shape index (κ1) is 97.2. The normalized spacial score (nSPS) is 17.1. The molecule has 0 aromatic rings. The van der Waals surface area contributed by atoms with Gasteiger partial charge in [0.2, 0.25) is 5.91 Å². The number of esters is 1. The smallest absolute Gasteiger partial charge is 0.305 e. The maximum atomic E-state index is 13.1. The molecule has 11 nitrogen and oxygen atoms in total. The van der Waals surface area contributed by atoms with Crippen LogP contribution in [0.2, 0.25) is 0 Å². The Morgan fingerprint density at radius 3 is 0.950 bits per heavy atom. The first-order valence-electron chi connectivity index (χ1n) is 45.1. The fourth-order valence-corrected chi connectivity index (χ4v) is 14.8. The number of amides is 1. The van der Waals surface area contributed by atoms with Gasteiger partial charge in [0.05, 0.1) is 32.0 Å². The van der Waals surface area contributed by atoms with Crippen LogP contribution >= 0.6 is 0 Å². The highest BCUT2D eigenvalue weighted by molar-refractivity contribution is 5.76. The van der Waals surface area contributed by atoms with E-state index in [4.69, 9.17) is 14.2 Å². The fourth-order valence-electron chi connectivity index (χ4n) is 14.8. The van der Waals surface area contributed by atoms with Crippen molar-refractivity contribution in [1.82, 2.24) is 5.32 Å². The van der Waals surface area contributed by atoms with Crippen LogP contribution in [-0.4, -0.2) is 100 Å². The number of nitrogens with one attached hydrogen (secondary N) is 1. The highest BCUT2D eigenvalue weighted by atomic mass is 16.7. The molecule has 1 aliphatic rings. The molecule has 101 heavy (non-hydrogen) atoms. The second-order valence-corrected chi connectivity index (χ2v) is 31.7. The van der Waals surface area contributed by atoms with Crippen LogP contribution in [-0.2, 0) is 23.8 Å². The lowest BCUT2D eigenvalue weighted by atomic mass is 9.99. The molecule has 598 valence electrons. The molecule has 0 aliphatic carbocycles. The number of allylic oxidation sites excluding steroid dienone is 3. The van der Waals surface area contributed by atoms with Crippen molar-refractivity contribution < 1.29 is 49.3 Å². The van der Waals surface area contributed by atoms with Gasteiger partial charge in [0, 0.05) is 12.8 Å². The van der Waals surface area contributed by atoms with Crippen LogP contribution in [0.25, 0.3) is 0 Å². The molecule has 1 amide bonds. The Morgan fingerprint density at radius 2 is 0.634 bits per heavy atom. The van der Waals surface area contributed by atoms with Gasteiger partial charge in [-0.3, -0.25) is 9.59 Å². The molecule has 0 saturated carbocycles. The summed E-state index contributed by atoms with van der Waals surface area (Å²) in [5, 5.41) is 54.7. The first-order valence-corrected chi connectivity index (χ1v) is 45.1. The lowest BCUT2D eigenvalue weighted by molar-refractivity contribution is -0.302. The van der Waals surface area contributed by atoms with Crippen molar-refractivity contribution in [3.63, 3.8) is 0 Å². The highest BCUT2D eigenvalue weighted by Crippen LogP contribution is 2.25. The quantitative estimate of drug-likeness (QED) is 0.0195. The summed E-state index contributed by atoms with van der Waals surface area (Å²) < 4.78 is 16.8. The van der Waals surface area contributed by atoms with E-state index in [1.807, 2.05) is 6.08 Å². The van der Waals surface area contributed by atoms with Crippen molar-refractivity contribution in [3.05, 3.63) is 24.3 Å². The van der Waals surface area contributed by atoms with Crippen LogP contribution in [0.15, 0.2) is 24.3 Å². The number of rotatable bonds is 82. The summed E-state index contributed by atoms with van der Waals surface area (Å²) in [4.78, 5) is 25.3. The standard InChI is InChI=1S/C90H173NO10/c1-3-5-7-9-11-13-15-17-19-20-42-46-50-54-58-62-66-70-74-78-86(95)99-79-75-71-67-63-59-55-51-47-44-41-39-37-35-33-31-29-27-25-23-21-22-24-26-28-30-32-34-36-38-40-43-45-49-53-57-61-65-69-73-77-85(94)91-82(81-100-90-89(98)88(97)87(96)84(80-92)101-90)83(93)76-72-68-64-60-56-52-48-18-16-14-12-10-8-6-4-2/h21-22,72,76,82-84,87-90,92-93,96-98H,3-20,23-71,73-75,77-81H2,1-2H3,(H,91,94)/b22-21-,76-72+. The molecule has 1 rings (SSSR count). The maximum absolute atomic E-state index is 13.1. The predicted octanol–water partition coefficient (Wildman–Crippen LogP) is 25.4. The van der Waals surface area contributed by atoms with E-state index in [-0.39, 0.29) is 18.5 Å². The second-order valence-electron chi connectivity index (χ2n) is 31.7. The number of ether oxygens (including phenoxy) is 3. The topological polar surface area (TPSA) is 175 Å². The third-order valence-electron chi connectivity index (χ3n) is 21.8. The molecule has 1 fully saturated rings. The fraction of sp³-hybridized carbons (Fsp3) is 0.933. The van der Waals surface area contributed by atoms with E-state index in [9.17, 15) is 35.1 Å². The molecular formula is C90H173NO10. The van der Waals surface area contributed by atoms with Crippen molar-refractivity contribution in [2.75, 3.05) is 19.8 Å². The third-order valence-corrected chi connectivity index (χ3v) is 21.8. The van der Waals surface area contributed by atoms with Crippen LogP contribution in [0.1, 0.15) is 476 Å². The predicted molar refractivity (Wildman–Crippen MR) is 431 cm³/mol. The third kappa shape index (κ3) is 67.2. The SMILES string of the molecule is CCCCCCCCCCCCCCC/C=C/C(O)C(COC1OC(CO)C(O)C(O)C1O)NC(=O)CCCCCCCCCCCCCCCCCCC/C=C\CCCCCCCCCCCCCCCCCCCCOC(=O)CCCCCCCCCCCCCCCCCCCCC. The molecule has 1 aliphatic heterocycles. The number of unbranched alkanes of at least 4 members (excludes halogenated alkanes) is 66. The molecule has 1 heterocycles. The number of aliphatic hydroxyl groups is 5. The molecule has 1 saturated heterocycles. The Labute approximate surface area is 626 Å². The lowest BCUT2D eigenvalue weighted by Crippen LogP contribution is -2.60. The molecule has 0 bridgehead atoms. The van der Waals surface area contributed by atoms with Crippen LogP contribution in [0.5, 0.6) is 0 Å². The Balaban J connectivity index is 1.87. The van der Waals surface area contributed by atoms with Gasteiger partial charge >= 0.3 is 5.97 Å². The molecule has 11 heteroatoms. The average molecular weight is 1430 g/mol. The van der Waals surface area contributed by atoms with Crippen LogP contribution in [0.4, 0.5) is 0 Å². The van der Waals surface area contributed by atoms with Gasteiger partial charge in [-0.2, -0.15) is 0 Å². The van der Waals surface area contributed by atoms with Crippen molar-refractivity contribution in [2.45, 2.75) is 519 Å². The van der Waals surface area contributed by atoms with Crippen molar-refractivity contribution in [1.29, 1.82) is 0 Å². The molecule has 0 aromatic carbocycles. The number of carbonyl (C=O) groups is 2. The van der Waals surface area contributed by atoms with Gasteiger partial charge in [0.15, 0.2) is 6.29 Å². The Kier molecular flexibility index (Phi) is 76.2. The zero-order chi connectivity index (χ0) is 72.9. The van der Waals surface area contributed by atoms with Crippen LogP contribution in [0.3, 0.4) is 0 Å². The Bertz CT molecular complexity index is 1730. The van der Waals surface area contributed by atoms with Crippen molar-refractivity contribution >= 4 is 11.9 Å². The summed E-state index contributed by atoms with van der Waals surface area (Å²) in [6.07, 6.45) is 93.9. The van der Waals surface area contributed by atoms with Gasteiger partial charge in [0.1, 0.15) is 24.4 Å². The number of hydrogen-bond acceptors (Lipinski definition) is 10. The van der Waals surface area contributed by atoms with Gasteiger partial charge in [-0.15, -0.1) is 0 Å². The van der Waals surface area contributed by atoms with E-state index in [1.54, 1.807) is 6.08 Å². The molecule has 0 radical (unpaired) electrons. The Hall–Kier alpha value is -1.86. The lowest BCUT2D eigenvalue weighted by Gasteiger charge is -2.40. The van der Waals surface area contributed by atoms with E-state index in [0.29, 0.717) is 19.4 Å². The van der Waals surface area contributed by atoms with Crippen LogP contribution in [0, 0.1) is 0 Å². The Morgan fingerprint density at radius 1 is 0.356 bits per heavy atom. The van der Waals surface area contributed by atoms with Gasteiger partial charge in [-0.05, 0) is 57.8 Å². The summed E-state index contributed by atoms with van der Waals surface area (Å²) in [6.45, 7) is 4.43. The van der Waals surface area contributed by atoms with Gasteiger partial charge in [-0.25, -0.2) is 0 Å². The summed E-state index contributed by atoms with van der Waals surface area (Å²) in [5.74, 6) is -0.150. The van der Waals surface area contributed by atoms with Crippen LogP contribution < -0.4 is 5.32 Å². The maximum Gasteiger partial charge on any atom is 0.305 e. The van der Waals surface area contributed by atoms with E-state index in [1.165, 1.54) is 398 Å². The number of carbonyl (C=O) groups excluding carboxylic acids is 2. The van der Waals surface area contributed by atoms with E-state index in [0.717, 1.165) is 51.4 Å². The minimum Gasteiger partial charge on any atom is -0.466 e. The summed E-state index contributed by atoms with van der Waals surface area (Å²) in [5.41, 5.74) is 0. The minimum atomic E-state index is -1.57. The summed E-state index contributed by atoms with van der Waals surface area (Å²) in [7, 11) is 0. The molecule has 0 spiro atoms. The summed E-state index contributed by atoms with van der Waals surface area (Å²) in [6, 6.07) is -0.807. The monoisotopic (exact) mass is 1430 g/mol. The zero-order valence-electron chi connectivity index (χ0n) is 67.2. The highest BCUT2D eigenvalue weighted by Gasteiger charge is 2.44. The van der Waals surface area contributed by atoms with Gasteiger partial charge in [-0.1, -0.05) is 430 Å². The average Bonchev–Trinajstić information content (AvgIpc) is 0.830. The van der Waals surface area contributed by atoms with E-state index < -0.39 is 49.5 Å². The summed E-state index contributed by atoms with van der Waals surface area (Å²) >= 11 is 0. The molecule has 0 aromatic heterocycles. The number of aliphatic hydroxyl groups excluding tert-OH is 5.